The molecule has 0 fully saturated rings. The van der Waals surface area contributed by atoms with E-state index >= 15 is 0 Å². The molecule has 7 heteroatoms. The third kappa shape index (κ3) is 5.30. The van der Waals surface area contributed by atoms with Gasteiger partial charge in [0.05, 0.1) is 23.0 Å². The van der Waals surface area contributed by atoms with Crippen LogP contribution in [0.1, 0.15) is 33.9 Å². The van der Waals surface area contributed by atoms with Crippen molar-refractivity contribution >= 4 is 34.4 Å². The second-order valence-electron chi connectivity index (χ2n) is 7.50. The molecule has 1 N–H and O–H groups in total. The Balaban J connectivity index is 1.54. The van der Waals surface area contributed by atoms with Crippen molar-refractivity contribution in [1.29, 1.82) is 0 Å². The van der Waals surface area contributed by atoms with Crippen molar-refractivity contribution in [1.82, 2.24) is 5.32 Å². The van der Waals surface area contributed by atoms with Crippen molar-refractivity contribution < 1.29 is 18.7 Å². The van der Waals surface area contributed by atoms with E-state index in [1.54, 1.807) is 43.3 Å². The van der Waals surface area contributed by atoms with Gasteiger partial charge in [-0.25, -0.2) is 4.79 Å². The highest BCUT2D eigenvalue weighted by Crippen LogP contribution is 2.24. The predicted molar refractivity (Wildman–Crippen MR) is 126 cm³/mol. The zero-order valence-corrected chi connectivity index (χ0v) is 18.5. The summed E-state index contributed by atoms with van der Waals surface area (Å²) in [7, 11) is 0. The van der Waals surface area contributed by atoms with E-state index in [0.29, 0.717) is 16.2 Å². The Kier molecular flexibility index (Phi) is 6.56. The van der Waals surface area contributed by atoms with Crippen molar-refractivity contribution in [3.8, 4) is 5.75 Å². The van der Waals surface area contributed by atoms with Crippen LogP contribution in [0.5, 0.6) is 5.75 Å². The van der Waals surface area contributed by atoms with Crippen LogP contribution in [0.15, 0.2) is 88.1 Å². The Morgan fingerprint density at radius 2 is 1.73 bits per heavy atom. The molecule has 4 rings (SSSR count). The van der Waals surface area contributed by atoms with Gasteiger partial charge in [-0.2, -0.15) is 0 Å². The normalized spacial score (nSPS) is 11.7. The standard InChI is InChI=1S/C26H20ClNO5/c1-16-13-24(29)33-23-14-18(11-12-19(16)23)32-25(30)15-22(17-7-3-2-4-8-17)28-26(31)20-9-5-6-10-21(20)27/h2-14,22H,15H2,1H3,(H,28,31). The van der Waals surface area contributed by atoms with Crippen molar-refractivity contribution in [3.05, 3.63) is 111 Å². The molecule has 0 saturated heterocycles. The number of carbonyl (C=O) groups is 2. The van der Waals surface area contributed by atoms with Gasteiger partial charge in [-0.3, -0.25) is 9.59 Å². The molecule has 0 aliphatic rings. The molecule has 0 radical (unpaired) electrons. The van der Waals surface area contributed by atoms with Crippen LogP contribution in [-0.4, -0.2) is 11.9 Å². The first-order valence-corrected chi connectivity index (χ1v) is 10.6. The number of halogens is 1. The fourth-order valence-electron chi connectivity index (χ4n) is 3.53. The molecule has 1 amide bonds. The van der Waals surface area contributed by atoms with Crippen LogP contribution in [0.25, 0.3) is 11.0 Å². The molecular weight excluding hydrogens is 442 g/mol. The summed E-state index contributed by atoms with van der Waals surface area (Å²) in [5.74, 6) is -0.714. The van der Waals surface area contributed by atoms with Crippen LogP contribution in [-0.2, 0) is 4.79 Å². The summed E-state index contributed by atoms with van der Waals surface area (Å²) >= 11 is 6.15. The van der Waals surface area contributed by atoms with Gasteiger partial charge in [0.15, 0.2) is 0 Å². The van der Waals surface area contributed by atoms with Gasteiger partial charge in [0.1, 0.15) is 11.3 Å². The molecule has 6 nitrogen and oxygen atoms in total. The Labute approximate surface area is 194 Å². The lowest BCUT2D eigenvalue weighted by Gasteiger charge is -2.19. The highest BCUT2D eigenvalue weighted by Gasteiger charge is 2.21. The van der Waals surface area contributed by atoms with Crippen LogP contribution in [0.2, 0.25) is 5.02 Å². The molecule has 3 aromatic carbocycles. The van der Waals surface area contributed by atoms with Crippen LogP contribution in [0.3, 0.4) is 0 Å². The third-order valence-corrected chi connectivity index (χ3v) is 5.48. The summed E-state index contributed by atoms with van der Waals surface area (Å²) in [4.78, 5) is 37.2. The van der Waals surface area contributed by atoms with Gasteiger partial charge in [-0.15, -0.1) is 0 Å². The number of rotatable bonds is 6. The minimum absolute atomic E-state index is 0.115. The number of fused-ring (bicyclic) bond motifs is 1. The predicted octanol–water partition coefficient (Wildman–Crippen LogP) is 5.22. The molecule has 0 saturated carbocycles. The van der Waals surface area contributed by atoms with E-state index in [-0.39, 0.29) is 12.2 Å². The largest absolute Gasteiger partial charge is 0.426 e. The summed E-state index contributed by atoms with van der Waals surface area (Å²) in [6.45, 7) is 1.80. The fourth-order valence-corrected chi connectivity index (χ4v) is 3.75. The van der Waals surface area contributed by atoms with Gasteiger partial charge in [-0.1, -0.05) is 54.1 Å². The van der Waals surface area contributed by atoms with Crippen molar-refractivity contribution in [2.75, 3.05) is 0 Å². The quantitative estimate of drug-likeness (QED) is 0.241. The first-order chi connectivity index (χ1) is 15.9. The number of nitrogens with one attached hydrogen (secondary N) is 1. The minimum Gasteiger partial charge on any atom is -0.426 e. The second-order valence-corrected chi connectivity index (χ2v) is 7.91. The fraction of sp³-hybridized carbons (Fsp3) is 0.115. The van der Waals surface area contributed by atoms with Crippen LogP contribution >= 0.6 is 11.6 Å². The van der Waals surface area contributed by atoms with Crippen molar-refractivity contribution in [3.63, 3.8) is 0 Å². The number of hydrogen-bond acceptors (Lipinski definition) is 5. The molecule has 1 atom stereocenters. The minimum atomic E-state index is -0.636. The molecule has 166 valence electrons. The van der Waals surface area contributed by atoms with Gasteiger partial charge in [0.2, 0.25) is 0 Å². The van der Waals surface area contributed by atoms with Crippen LogP contribution < -0.4 is 15.7 Å². The summed E-state index contributed by atoms with van der Waals surface area (Å²) < 4.78 is 10.7. The SMILES string of the molecule is Cc1cc(=O)oc2cc(OC(=O)CC(NC(=O)c3ccccc3Cl)c3ccccc3)ccc12. The molecule has 0 bridgehead atoms. The smallest absolute Gasteiger partial charge is 0.336 e. The zero-order chi connectivity index (χ0) is 23.4. The topological polar surface area (TPSA) is 85.6 Å². The maximum atomic E-state index is 12.8. The Bertz CT molecular complexity index is 1380. The first-order valence-electron chi connectivity index (χ1n) is 10.3. The van der Waals surface area contributed by atoms with Crippen LogP contribution in [0.4, 0.5) is 0 Å². The Morgan fingerprint density at radius 1 is 1.00 bits per heavy atom. The van der Waals surface area contributed by atoms with Crippen molar-refractivity contribution in [2.24, 2.45) is 0 Å². The number of esters is 1. The summed E-state index contributed by atoms with van der Waals surface area (Å²) in [5.41, 5.74) is 1.68. The molecular formula is C26H20ClNO5. The van der Waals surface area contributed by atoms with E-state index in [1.807, 2.05) is 30.3 Å². The monoisotopic (exact) mass is 461 g/mol. The molecule has 33 heavy (non-hydrogen) atoms. The molecule has 0 aliphatic heterocycles. The van der Waals surface area contributed by atoms with E-state index < -0.39 is 23.5 Å². The number of ether oxygens (including phenoxy) is 1. The maximum Gasteiger partial charge on any atom is 0.336 e. The molecule has 0 spiro atoms. The Hall–Kier alpha value is -3.90. The number of carbonyl (C=O) groups excluding carboxylic acids is 2. The lowest BCUT2D eigenvalue weighted by molar-refractivity contribution is -0.134. The summed E-state index contributed by atoms with van der Waals surface area (Å²) in [6, 6.07) is 21.4. The number of aryl methyl sites for hydroxylation is 1. The lowest BCUT2D eigenvalue weighted by atomic mass is 10.0. The van der Waals surface area contributed by atoms with Gasteiger partial charge < -0.3 is 14.5 Å². The molecule has 0 aliphatic carbocycles. The van der Waals surface area contributed by atoms with E-state index in [4.69, 9.17) is 20.8 Å². The second kappa shape index (κ2) is 9.71. The van der Waals surface area contributed by atoms with Gasteiger partial charge >= 0.3 is 11.6 Å². The average molecular weight is 462 g/mol. The van der Waals surface area contributed by atoms with Gasteiger partial charge in [-0.05, 0) is 42.3 Å². The zero-order valence-electron chi connectivity index (χ0n) is 17.7. The highest BCUT2D eigenvalue weighted by molar-refractivity contribution is 6.33. The molecule has 1 heterocycles. The summed E-state index contributed by atoms with van der Waals surface area (Å²) in [6.07, 6.45) is -0.115. The Morgan fingerprint density at radius 3 is 2.48 bits per heavy atom. The van der Waals surface area contributed by atoms with Crippen LogP contribution in [0, 0.1) is 6.92 Å². The molecule has 4 aromatic rings. The van der Waals surface area contributed by atoms with E-state index in [9.17, 15) is 14.4 Å². The molecule has 1 unspecified atom stereocenters. The number of benzene rings is 3. The number of hydrogen-bond donors (Lipinski definition) is 1. The molecule has 1 aromatic heterocycles. The van der Waals surface area contributed by atoms with E-state index in [2.05, 4.69) is 5.32 Å². The van der Waals surface area contributed by atoms with Crippen molar-refractivity contribution in [2.45, 2.75) is 19.4 Å². The first kappa shape index (κ1) is 22.3. The third-order valence-electron chi connectivity index (χ3n) is 5.15. The van der Waals surface area contributed by atoms with E-state index in [0.717, 1.165) is 16.5 Å². The van der Waals surface area contributed by atoms with Gasteiger partial charge in [0.25, 0.3) is 5.91 Å². The number of amides is 1. The maximum absolute atomic E-state index is 12.8. The van der Waals surface area contributed by atoms with E-state index in [1.165, 1.54) is 12.1 Å². The highest BCUT2D eigenvalue weighted by atomic mass is 35.5. The summed E-state index contributed by atoms with van der Waals surface area (Å²) in [5, 5.41) is 3.94. The lowest BCUT2D eigenvalue weighted by Crippen LogP contribution is -2.31. The average Bonchev–Trinajstić information content (AvgIpc) is 2.79. The van der Waals surface area contributed by atoms with Gasteiger partial charge in [0, 0.05) is 17.5 Å².